The Balaban J connectivity index is 1.79. The first-order valence-electron chi connectivity index (χ1n) is 8.37. The summed E-state index contributed by atoms with van der Waals surface area (Å²) < 4.78 is 10.6. The van der Waals surface area contributed by atoms with Crippen molar-refractivity contribution in [1.29, 1.82) is 0 Å². The molecule has 1 fully saturated rings. The predicted octanol–water partition coefficient (Wildman–Crippen LogP) is 1.35. The third-order valence-corrected chi connectivity index (χ3v) is 4.04. The molecule has 1 heterocycles. The van der Waals surface area contributed by atoms with Gasteiger partial charge in [-0.05, 0) is 51.0 Å². The molecule has 7 nitrogen and oxygen atoms in total. The highest BCUT2D eigenvalue weighted by atomic mass is 16.5. The Morgan fingerprint density at radius 1 is 1.16 bits per heavy atom. The average Bonchev–Trinajstić information content (AvgIpc) is 2.59. The number of nitrogens with two attached hydrogens (primary N) is 1. The number of likely N-dealkylation sites (tertiary alicyclic amines) is 1. The van der Waals surface area contributed by atoms with Gasteiger partial charge in [-0.1, -0.05) is 0 Å². The van der Waals surface area contributed by atoms with Gasteiger partial charge in [0.05, 0.1) is 11.7 Å². The number of carbonyl (C=O) groups is 3. The van der Waals surface area contributed by atoms with Gasteiger partial charge in [0.15, 0.2) is 6.61 Å². The number of hydrogen-bond donors (Lipinski definition) is 1. The average molecular weight is 348 g/mol. The van der Waals surface area contributed by atoms with E-state index < -0.39 is 5.97 Å². The SMILES string of the molecule is CC(C)Oc1ccc(C(=O)OCC(=O)N2CCC(C(N)=O)CC2)cc1. The minimum absolute atomic E-state index is 0.0501. The van der Waals surface area contributed by atoms with Crippen LogP contribution in [0.5, 0.6) is 5.75 Å². The lowest BCUT2D eigenvalue weighted by molar-refractivity contribution is -0.137. The van der Waals surface area contributed by atoms with Crippen LogP contribution >= 0.6 is 0 Å². The molecule has 0 aliphatic carbocycles. The Kier molecular flexibility index (Phi) is 6.38. The summed E-state index contributed by atoms with van der Waals surface area (Å²) in [6.07, 6.45) is 1.15. The van der Waals surface area contributed by atoms with Gasteiger partial charge in [-0.2, -0.15) is 0 Å². The van der Waals surface area contributed by atoms with Crippen molar-refractivity contribution in [2.45, 2.75) is 32.8 Å². The highest BCUT2D eigenvalue weighted by molar-refractivity contribution is 5.91. The fourth-order valence-corrected chi connectivity index (χ4v) is 2.66. The van der Waals surface area contributed by atoms with E-state index in [0.717, 1.165) is 0 Å². The molecule has 0 unspecified atom stereocenters. The zero-order valence-corrected chi connectivity index (χ0v) is 14.6. The first-order chi connectivity index (χ1) is 11.9. The van der Waals surface area contributed by atoms with Crippen molar-refractivity contribution in [3.63, 3.8) is 0 Å². The van der Waals surface area contributed by atoms with E-state index in [-0.39, 0.29) is 30.4 Å². The molecule has 1 aromatic carbocycles. The maximum Gasteiger partial charge on any atom is 0.338 e. The summed E-state index contributed by atoms with van der Waals surface area (Å²) in [4.78, 5) is 36.8. The van der Waals surface area contributed by atoms with Crippen LogP contribution in [0.25, 0.3) is 0 Å². The number of esters is 1. The van der Waals surface area contributed by atoms with Gasteiger partial charge in [-0.25, -0.2) is 4.79 Å². The number of piperidine rings is 1. The highest BCUT2D eigenvalue weighted by Crippen LogP contribution is 2.17. The third-order valence-electron chi connectivity index (χ3n) is 4.04. The van der Waals surface area contributed by atoms with E-state index in [4.69, 9.17) is 15.2 Å². The Labute approximate surface area is 147 Å². The van der Waals surface area contributed by atoms with Crippen LogP contribution in [0.2, 0.25) is 0 Å². The van der Waals surface area contributed by atoms with Gasteiger partial charge >= 0.3 is 5.97 Å². The standard InChI is InChI=1S/C18H24N2O5/c1-12(2)25-15-5-3-14(4-6-15)18(23)24-11-16(21)20-9-7-13(8-10-20)17(19)22/h3-6,12-13H,7-11H2,1-2H3,(H2,19,22). The highest BCUT2D eigenvalue weighted by Gasteiger charge is 2.26. The summed E-state index contributed by atoms with van der Waals surface area (Å²) in [5, 5.41) is 0. The van der Waals surface area contributed by atoms with Crippen LogP contribution in [-0.2, 0) is 14.3 Å². The number of carbonyl (C=O) groups excluding carboxylic acids is 3. The fourth-order valence-electron chi connectivity index (χ4n) is 2.66. The maximum atomic E-state index is 12.1. The molecule has 25 heavy (non-hydrogen) atoms. The van der Waals surface area contributed by atoms with E-state index in [2.05, 4.69) is 0 Å². The number of primary amides is 1. The summed E-state index contributed by atoms with van der Waals surface area (Å²) in [5.74, 6) is -0.672. The predicted molar refractivity (Wildman–Crippen MR) is 91.0 cm³/mol. The molecular formula is C18H24N2O5. The molecule has 1 aliphatic rings. The summed E-state index contributed by atoms with van der Waals surface area (Å²) in [5.41, 5.74) is 5.63. The second kappa shape index (κ2) is 8.50. The van der Waals surface area contributed by atoms with Crippen LogP contribution in [0, 0.1) is 5.92 Å². The minimum Gasteiger partial charge on any atom is -0.491 e. The molecule has 1 aromatic rings. The molecule has 2 rings (SSSR count). The Bertz CT molecular complexity index is 619. The molecular weight excluding hydrogens is 324 g/mol. The molecule has 0 atom stereocenters. The van der Waals surface area contributed by atoms with E-state index in [9.17, 15) is 14.4 Å². The largest absolute Gasteiger partial charge is 0.491 e. The molecule has 2 N–H and O–H groups in total. The molecule has 7 heteroatoms. The Morgan fingerprint density at radius 3 is 2.28 bits per heavy atom. The van der Waals surface area contributed by atoms with Crippen LogP contribution in [0.3, 0.4) is 0 Å². The van der Waals surface area contributed by atoms with Crippen molar-refractivity contribution in [3.8, 4) is 5.75 Å². The molecule has 0 bridgehead atoms. The molecule has 0 aromatic heterocycles. The normalized spacial score (nSPS) is 15.1. The van der Waals surface area contributed by atoms with Gasteiger partial charge in [0.25, 0.3) is 5.91 Å². The second-order valence-corrected chi connectivity index (χ2v) is 6.32. The van der Waals surface area contributed by atoms with Crippen LogP contribution in [-0.4, -0.2) is 48.5 Å². The van der Waals surface area contributed by atoms with Crippen molar-refractivity contribution in [3.05, 3.63) is 29.8 Å². The quantitative estimate of drug-likeness (QED) is 0.783. The topological polar surface area (TPSA) is 98.9 Å². The molecule has 2 amide bonds. The van der Waals surface area contributed by atoms with Crippen molar-refractivity contribution in [2.75, 3.05) is 19.7 Å². The molecule has 1 aliphatic heterocycles. The summed E-state index contributed by atoms with van der Waals surface area (Å²) in [6, 6.07) is 6.58. The summed E-state index contributed by atoms with van der Waals surface area (Å²) >= 11 is 0. The van der Waals surface area contributed by atoms with Gasteiger partial charge in [-0.15, -0.1) is 0 Å². The number of amides is 2. The molecule has 0 spiro atoms. The van der Waals surface area contributed by atoms with Crippen molar-refractivity contribution in [1.82, 2.24) is 4.90 Å². The Hall–Kier alpha value is -2.57. The van der Waals surface area contributed by atoms with Crippen LogP contribution < -0.4 is 10.5 Å². The summed E-state index contributed by atoms with van der Waals surface area (Å²) in [7, 11) is 0. The number of rotatable bonds is 6. The van der Waals surface area contributed by atoms with Crippen LogP contribution in [0.15, 0.2) is 24.3 Å². The lowest BCUT2D eigenvalue weighted by Crippen LogP contribution is -2.43. The lowest BCUT2D eigenvalue weighted by atomic mass is 9.96. The maximum absolute atomic E-state index is 12.1. The number of benzene rings is 1. The first-order valence-corrected chi connectivity index (χ1v) is 8.37. The van der Waals surface area contributed by atoms with Crippen molar-refractivity contribution < 1.29 is 23.9 Å². The van der Waals surface area contributed by atoms with Gasteiger partial charge in [0, 0.05) is 19.0 Å². The van der Waals surface area contributed by atoms with Crippen molar-refractivity contribution >= 4 is 17.8 Å². The fraction of sp³-hybridized carbons (Fsp3) is 0.500. The van der Waals surface area contributed by atoms with Crippen molar-refractivity contribution in [2.24, 2.45) is 11.7 Å². The van der Waals surface area contributed by atoms with E-state index >= 15 is 0 Å². The molecule has 0 radical (unpaired) electrons. The van der Waals surface area contributed by atoms with E-state index in [0.29, 0.717) is 37.2 Å². The number of ether oxygens (including phenoxy) is 2. The van der Waals surface area contributed by atoms with E-state index in [1.165, 1.54) is 0 Å². The van der Waals surface area contributed by atoms with Crippen LogP contribution in [0.1, 0.15) is 37.0 Å². The second-order valence-electron chi connectivity index (χ2n) is 6.32. The van der Waals surface area contributed by atoms with Gasteiger partial charge < -0.3 is 20.1 Å². The number of hydrogen-bond acceptors (Lipinski definition) is 5. The monoisotopic (exact) mass is 348 g/mol. The molecule has 0 saturated carbocycles. The first kappa shape index (κ1) is 18.8. The zero-order valence-electron chi connectivity index (χ0n) is 14.6. The Morgan fingerprint density at radius 2 is 1.76 bits per heavy atom. The minimum atomic E-state index is -0.559. The van der Waals surface area contributed by atoms with Gasteiger partial charge in [0.2, 0.25) is 5.91 Å². The van der Waals surface area contributed by atoms with Crippen LogP contribution in [0.4, 0.5) is 0 Å². The molecule has 1 saturated heterocycles. The van der Waals surface area contributed by atoms with E-state index in [1.807, 2.05) is 13.8 Å². The summed E-state index contributed by atoms with van der Waals surface area (Å²) in [6.45, 7) is 4.42. The third kappa shape index (κ3) is 5.48. The van der Waals surface area contributed by atoms with Gasteiger partial charge in [0.1, 0.15) is 5.75 Å². The zero-order chi connectivity index (χ0) is 18.4. The smallest absolute Gasteiger partial charge is 0.338 e. The lowest BCUT2D eigenvalue weighted by Gasteiger charge is -2.30. The van der Waals surface area contributed by atoms with Gasteiger partial charge in [-0.3, -0.25) is 9.59 Å². The molecule has 136 valence electrons. The van der Waals surface area contributed by atoms with E-state index in [1.54, 1.807) is 29.2 Å². The number of nitrogens with zero attached hydrogens (tertiary/aromatic N) is 1.